The molecule has 0 aliphatic carbocycles. The molecule has 1 aliphatic heterocycles. The van der Waals surface area contributed by atoms with E-state index in [1.54, 1.807) is 18.9 Å². The van der Waals surface area contributed by atoms with Crippen molar-refractivity contribution in [1.29, 1.82) is 0 Å². The third kappa shape index (κ3) is 4.58. The summed E-state index contributed by atoms with van der Waals surface area (Å²) in [6.45, 7) is 4.87. The van der Waals surface area contributed by atoms with Gasteiger partial charge in [0.05, 0.1) is 12.6 Å². The molecule has 6 nitrogen and oxygen atoms in total. The topological polar surface area (TPSA) is 78.9 Å². The van der Waals surface area contributed by atoms with Gasteiger partial charge in [-0.25, -0.2) is 9.59 Å². The number of hydrogen-bond donors (Lipinski definition) is 2. The van der Waals surface area contributed by atoms with Gasteiger partial charge < -0.3 is 20.1 Å². The fraction of sp³-hybridized carbons (Fsp3) is 0.833. The average Bonchev–Trinajstić information content (AvgIpc) is 2.37. The molecular formula is C12H22N2O4S. The molecule has 19 heavy (non-hydrogen) atoms. The first kappa shape index (κ1) is 16.1. The van der Waals surface area contributed by atoms with Crippen molar-refractivity contribution in [2.24, 2.45) is 5.92 Å². The van der Waals surface area contributed by atoms with E-state index >= 15 is 0 Å². The van der Waals surface area contributed by atoms with Crippen molar-refractivity contribution < 1.29 is 19.4 Å². The van der Waals surface area contributed by atoms with Crippen LogP contribution in [0.25, 0.3) is 0 Å². The van der Waals surface area contributed by atoms with E-state index in [1.165, 1.54) is 4.90 Å². The molecule has 0 aromatic rings. The predicted octanol–water partition coefficient (Wildman–Crippen LogP) is 0.869. The highest BCUT2D eigenvalue weighted by Crippen LogP contribution is 2.17. The smallest absolute Gasteiger partial charge is 0.327 e. The van der Waals surface area contributed by atoms with Crippen LogP contribution in [0.3, 0.4) is 0 Å². The largest absolute Gasteiger partial charge is 0.480 e. The molecule has 1 saturated heterocycles. The van der Waals surface area contributed by atoms with Gasteiger partial charge in [-0.05, 0) is 5.92 Å². The number of carboxylic acids is 1. The second kappa shape index (κ2) is 7.59. The van der Waals surface area contributed by atoms with Crippen LogP contribution in [0.1, 0.15) is 13.8 Å². The third-order valence-electron chi connectivity index (χ3n) is 3.13. The second-order valence-electron chi connectivity index (χ2n) is 4.88. The van der Waals surface area contributed by atoms with Gasteiger partial charge in [-0.15, -0.1) is 0 Å². The normalized spacial score (nSPS) is 21.3. The Kier molecular flexibility index (Phi) is 6.44. The number of carbonyl (C=O) groups is 2. The molecule has 2 N–H and O–H groups in total. The Bertz CT molecular complexity index is 325. The molecule has 0 bridgehead atoms. The summed E-state index contributed by atoms with van der Waals surface area (Å²) in [6.07, 6.45) is 0. The van der Waals surface area contributed by atoms with Gasteiger partial charge in [0, 0.05) is 25.2 Å². The van der Waals surface area contributed by atoms with Crippen LogP contribution in [0.4, 0.5) is 4.79 Å². The number of methoxy groups -OCH3 is 1. The zero-order valence-electron chi connectivity index (χ0n) is 11.6. The van der Waals surface area contributed by atoms with Gasteiger partial charge in [0.1, 0.15) is 6.04 Å². The first-order valence-corrected chi connectivity index (χ1v) is 7.49. The molecule has 0 aromatic carbocycles. The maximum Gasteiger partial charge on any atom is 0.327 e. The molecule has 2 unspecified atom stereocenters. The lowest BCUT2D eigenvalue weighted by atomic mass is 10.1. The molecule has 2 amide bonds. The molecule has 1 aliphatic rings. The maximum absolute atomic E-state index is 12.2. The summed E-state index contributed by atoms with van der Waals surface area (Å²) < 4.78 is 5.07. The van der Waals surface area contributed by atoms with E-state index in [0.29, 0.717) is 18.9 Å². The van der Waals surface area contributed by atoms with Crippen molar-refractivity contribution in [2.75, 3.05) is 31.8 Å². The van der Waals surface area contributed by atoms with E-state index in [2.05, 4.69) is 5.32 Å². The van der Waals surface area contributed by atoms with Crippen LogP contribution in [0.5, 0.6) is 0 Å². The van der Waals surface area contributed by atoms with Crippen LogP contribution >= 0.6 is 11.8 Å². The van der Waals surface area contributed by atoms with E-state index < -0.39 is 12.0 Å². The fourth-order valence-corrected chi connectivity index (χ4v) is 2.91. The van der Waals surface area contributed by atoms with Crippen molar-refractivity contribution in [3.8, 4) is 0 Å². The lowest BCUT2D eigenvalue weighted by molar-refractivity contribution is -0.141. The Morgan fingerprint density at radius 2 is 2.21 bits per heavy atom. The van der Waals surface area contributed by atoms with Crippen LogP contribution in [-0.4, -0.2) is 65.9 Å². The summed E-state index contributed by atoms with van der Waals surface area (Å²) in [5, 5.41) is 12.0. The standard InChI is InChI=1S/C12H22N2O4S/c1-8(2)9(6-18-3)13-12(17)14-4-5-19-7-10(14)11(15)16/h8-10H,4-7H2,1-3H3,(H,13,17)(H,15,16). The molecule has 1 rings (SSSR count). The lowest BCUT2D eigenvalue weighted by Crippen LogP contribution is -2.56. The molecule has 110 valence electrons. The second-order valence-corrected chi connectivity index (χ2v) is 6.03. The molecule has 0 aromatic heterocycles. The summed E-state index contributed by atoms with van der Waals surface area (Å²) in [5.41, 5.74) is 0. The summed E-state index contributed by atoms with van der Waals surface area (Å²) in [7, 11) is 1.58. The number of urea groups is 1. The molecular weight excluding hydrogens is 268 g/mol. The van der Waals surface area contributed by atoms with Crippen molar-refractivity contribution in [3.63, 3.8) is 0 Å². The van der Waals surface area contributed by atoms with Crippen LogP contribution in [0.15, 0.2) is 0 Å². The molecule has 1 fully saturated rings. The lowest BCUT2D eigenvalue weighted by Gasteiger charge is -2.34. The number of aliphatic carboxylic acids is 1. The molecule has 0 saturated carbocycles. The first-order valence-electron chi connectivity index (χ1n) is 6.34. The zero-order chi connectivity index (χ0) is 14.4. The Morgan fingerprint density at radius 1 is 1.53 bits per heavy atom. The van der Waals surface area contributed by atoms with Crippen LogP contribution < -0.4 is 5.32 Å². The van der Waals surface area contributed by atoms with Gasteiger partial charge >= 0.3 is 12.0 Å². The van der Waals surface area contributed by atoms with E-state index in [1.807, 2.05) is 13.8 Å². The number of amides is 2. The van der Waals surface area contributed by atoms with Crippen molar-refractivity contribution in [3.05, 3.63) is 0 Å². The number of hydrogen-bond acceptors (Lipinski definition) is 4. The van der Waals surface area contributed by atoms with Crippen LogP contribution in [0.2, 0.25) is 0 Å². The SMILES string of the molecule is COCC(NC(=O)N1CCSCC1C(=O)O)C(C)C. The highest BCUT2D eigenvalue weighted by molar-refractivity contribution is 7.99. The number of rotatable bonds is 5. The summed E-state index contributed by atoms with van der Waals surface area (Å²) >= 11 is 1.56. The van der Waals surface area contributed by atoms with E-state index in [4.69, 9.17) is 9.84 Å². The number of thioether (sulfide) groups is 1. The number of nitrogens with one attached hydrogen (secondary N) is 1. The van der Waals surface area contributed by atoms with Gasteiger partial charge in [0.2, 0.25) is 0 Å². The van der Waals surface area contributed by atoms with Gasteiger partial charge in [-0.2, -0.15) is 11.8 Å². The Hall–Kier alpha value is -0.950. The molecule has 2 atom stereocenters. The van der Waals surface area contributed by atoms with Crippen molar-refractivity contribution >= 4 is 23.8 Å². The quantitative estimate of drug-likeness (QED) is 0.785. The Labute approximate surface area is 117 Å². The summed E-state index contributed by atoms with van der Waals surface area (Å²) in [5.74, 6) is 0.495. The molecule has 0 radical (unpaired) electrons. The predicted molar refractivity (Wildman–Crippen MR) is 74.5 cm³/mol. The monoisotopic (exact) mass is 290 g/mol. The number of carbonyl (C=O) groups excluding carboxylic acids is 1. The molecule has 0 spiro atoms. The van der Waals surface area contributed by atoms with Gasteiger partial charge in [-0.3, -0.25) is 0 Å². The van der Waals surface area contributed by atoms with Crippen molar-refractivity contribution in [2.45, 2.75) is 25.9 Å². The number of carboxylic acid groups (broad SMARTS) is 1. The maximum atomic E-state index is 12.2. The molecule has 1 heterocycles. The van der Waals surface area contributed by atoms with Crippen molar-refractivity contribution in [1.82, 2.24) is 10.2 Å². The number of nitrogens with zero attached hydrogens (tertiary/aromatic N) is 1. The van der Waals surface area contributed by atoms with Gasteiger partial charge in [0.25, 0.3) is 0 Å². The highest BCUT2D eigenvalue weighted by Gasteiger charge is 2.33. The van der Waals surface area contributed by atoms with Crippen LogP contribution in [0, 0.1) is 5.92 Å². The number of ether oxygens (including phenoxy) is 1. The minimum atomic E-state index is -0.949. The molecule has 7 heteroatoms. The zero-order valence-corrected chi connectivity index (χ0v) is 12.4. The minimum Gasteiger partial charge on any atom is -0.480 e. The van der Waals surface area contributed by atoms with Crippen LogP contribution in [-0.2, 0) is 9.53 Å². The first-order chi connectivity index (χ1) is 8.97. The van der Waals surface area contributed by atoms with E-state index in [0.717, 1.165) is 5.75 Å². The average molecular weight is 290 g/mol. The third-order valence-corrected chi connectivity index (χ3v) is 4.16. The van der Waals surface area contributed by atoms with E-state index in [9.17, 15) is 9.59 Å². The van der Waals surface area contributed by atoms with Gasteiger partial charge in [-0.1, -0.05) is 13.8 Å². The summed E-state index contributed by atoms with van der Waals surface area (Å²) in [4.78, 5) is 24.8. The summed E-state index contributed by atoms with van der Waals surface area (Å²) in [6, 6.07) is -1.17. The highest BCUT2D eigenvalue weighted by atomic mass is 32.2. The minimum absolute atomic E-state index is 0.110. The van der Waals surface area contributed by atoms with Gasteiger partial charge in [0.15, 0.2) is 0 Å². The van der Waals surface area contributed by atoms with E-state index in [-0.39, 0.29) is 18.0 Å². The Morgan fingerprint density at radius 3 is 2.74 bits per heavy atom. The fourth-order valence-electron chi connectivity index (χ4n) is 1.87. The Balaban J connectivity index is 2.66.